The first-order valence-corrected chi connectivity index (χ1v) is 9.07. The van der Waals surface area contributed by atoms with Crippen molar-refractivity contribution in [2.75, 3.05) is 5.32 Å². The van der Waals surface area contributed by atoms with E-state index in [2.05, 4.69) is 16.4 Å². The van der Waals surface area contributed by atoms with E-state index >= 15 is 0 Å². The molecule has 0 atom stereocenters. The van der Waals surface area contributed by atoms with E-state index in [0.717, 1.165) is 37.3 Å². The normalized spacial score (nSPS) is 14.1. The van der Waals surface area contributed by atoms with Gasteiger partial charge >= 0.3 is 6.18 Å². The van der Waals surface area contributed by atoms with Gasteiger partial charge < -0.3 is 5.32 Å². The van der Waals surface area contributed by atoms with Gasteiger partial charge in [0.2, 0.25) is 0 Å². The van der Waals surface area contributed by atoms with Gasteiger partial charge in [0.15, 0.2) is 0 Å². The van der Waals surface area contributed by atoms with Gasteiger partial charge in [-0.25, -0.2) is 0 Å². The van der Waals surface area contributed by atoms with Gasteiger partial charge in [-0.2, -0.15) is 18.4 Å². The Morgan fingerprint density at radius 1 is 1.15 bits per heavy atom. The zero-order chi connectivity index (χ0) is 18.3. The SMILES string of the molecule is N#Cc1c(Nc2ccnc3c(C(F)(F)F)cccc23)sc2c1CCCC2. The number of hydrogen-bond acceptors (Lipinski definition) is 4. The van der Waals surface area contributed by atoms with Gasteiger partial charge in [0.25, 0.3) is 0 Å². The number of aryl methyl sites for hydroxylation is 1. The standard InChI is InChI=1S/C19H14F3N3S/c20-19(21,22)14-6-3-5-12-15(8-9-24-17(12)14)25-18-13(10-23)11-4-1-2-7-16(11)26-18/h3,5-6,8-9H,1-2,4,7H2,(H,24,25). The van der Waals surface area contributed by atoms with Crippen LogP contribution in [-0.4, -0.2) is 4.98 Å². The van der Waals surface area contributed by atoms with Crippen LogP contribution in [0, 0.1) is 11.3 Å². The molecule has 2 heterocycles. The first-order chi connectivity index (χ1) is 12.5. The molecule has 7 heteroatoms. The van der Waals surface area contributed by atoms with Crippen molar-refractivity contribution in [1.29, 1.82) is 5.26 Å². The lowest BCUT2D eigenvalue weighted by Gasteiger charge is -2.13. The molecule has 0 spiro atoms. The van der Waals surface area contributed by atoms with Crippen molar-refractivity contribution < 1.29 is 13.2 Å². The van der Waals surface area contributed by atoms with E-state index in [1.54, 1.807) is 12.1 Å². The molecule has 0 fully saturated rings. The molecule has 0 aliphatic heterocycles. The van der Waals surface area contributed by atoms with E-state index in [4.69, 9.17) is 0 Å². The zero-order valence-corrected chi connectivity index (χ0v) is 14.5. The monoisotopic (exact) mass is 373 g/mol. The lowest BCUT2D eigenvalue weighted by Crippen LogP contribution is -2.07. The lowest BCUT2D eigenvalue weighted by molar-refractivity contribution is -0.136. The molecule has 132 valence electrons. The van der Waals surface area contributed by atoms with Gasteiger partial charge in [0, 0.05) is 16.5 Å². The Morgan fingerprint density at radius 3 is 2.73 bits per heavy atom. The molecule has 1 aliphatic carbocycles. The summed E-state index contributed by atoms with van der Waals surface area (Å²) in [7, 11) is 0. The first-order valence-electron chi connectivity index (χ1n) is 8.25. The average Bonchev–Trinajstić information content (AvgIpc) is 2.97. The maximum absolute atomic E-state index is 13.2. The lowest BCUT2D eigenvalue weighted by atomic mass is 9.96. The molecule has 1 N–H and O–H groups in total. The highest BCUT2D eigenvalue weighted by molar-refractivity contribution is 7.16. The van der Waals surface area contributed by atoms with Gasteiger partial charge in [-0.15, -0.1) is 11.3 Å². The van der Waals surface area contributed by atoms with Crippen molar-refractivity contribution in [2.45, 2.75) is 31.9 Å². The number of thiophene rings is 1. The Hall–Kier alpha value is -2.59. The molecule has 0 saturated heterocycles. The number of rotatable bonds is 2. The van der Waals surface area contributed by atoms with E-state index in [1.165, 1.54) is 28.5 Å². The smallest absolute Gasteiger partial charge is 0.346 e. The summed E-state index contributed by atoms with van der Waals surface area (Å²) in [4.78, 5) is 5.13. The number of nitriles is 1. The van der Waals surface area contributed by atoms with Crippen LogP contribution in [0.3, 0.4) is 0 Å². The fourth-order valence-corrected chi connectivity index (χ4v) is 4.66. The Bertz CT molecular complexity index is 1030. The molecule has 0 radical (unpaired) electrons. The molecule has 0 unspecified atom stereocenters. The third kappa shape index (κ3) is 2.80. The van der Waals surface area contributed by atoms with E-state index in [9.17, 15) is 18.4 Å². The molecule has 26 heavy (non-hydrogen) atoms. The van der Waals surface area contributed by atoms with Crippen LogP contribution in [0.2, 0.25) is 0 Å². The van der Waals surface area contributed by atoms with E-state index in [1.807, 2.05) is 0 Å². The largest absolute Gasteiger partial charge is 0.418 e. The number of benzene rings is 1. The molecule has 4 rings (SSSR count). The Morgan fingerprint density at radius 2 is 1.96 bits per heavy atom. The molecule has 0 saturated carbocycles. The van der Waals surface area contributed by atoms with Crippen molar-refractivity contribution in [3.05, 3.63) is 52.0 Å². The molecule has 1 aromatic carbocycles. The molecular weight excluding hydrogens is 359 g/mol. The van der Waals surface area contributed by atoms with Crippen molar-refractivity contribution >= 4 is 32.9 Å². The number of nitrogens with zero attached hydrogens (tertiary/aromatic N) is 2. The third-order valence-electron chi connectivity index (χ3n) is 4.61. The summed E-state index contributed by atoms with van der Waals surface area (Å²) in [6, 6.07) is 7.92. The highest BCUT2D eigenvalue weighted by Crippen LogP contribution is 2.41. The van der Waals surface area contributed by atoms with Crippen molar-refractivity contribution in [1.82, 2.24) is 4.98 Å². The molecule has 2 aromatic heterocycles. The molecule has 3 aromatic rings. The summed E-state index contributed by atoms with van der Waals surface area (Å²) in [5, 5.41) is 13.8. The Labute approximate surface area is 152 Å². The second kappa shape index (κ2) is 6.29. The number of aromatic nitrogens is 1. The van der Waals surface area contributed by atoms with Crippen LogP contribution < -0.4 is 5.32 Å². The summed E-state index contributed by atoms with van der Waals surface area (Å²) in [6.45, 7) is 0. The number of para-hydroxylation sites is 1. The average molecular weight is 373 g/mol. The second-order valence-corrected chi connectivity index (χ2v) is 7.32. The van der Waals surface area contributed by atoms with Gasteiger partial charge in [-0.05, 0) is 43.4 Å². The quantitative estimate of drug-likeness (QED) is 0.617. The topological polar surface area (TPSA) is 48.7 Å². The van der Waals surface area contributed by atoms with Crippen molar-refractivity contribution in [3.63, 3.8) is 0 Å². The number of alkyl halides is 3. The number of anilines is 2. The number of halogens is 3. The van der Waals surface area contributed by atoms with Crippen molar-refractivity contribution in [3.8, 4) is 6.07 Å². The van der Waals surface area contributed by atoms with Gasteiger partial charge in [-0.1, -0.05) is 12.1 Å². The van der Waals surface area contributed by atoms with Crippen molar-refractivity contribution in [2.24, 2.45) is 0 Å². The highest BCUT2D eigenvalue weighted by atomic mass is 32.1. The maximum Gasteiger partial charge on any atom is 0.418 e. The van der Waals surface area contributed by atoms with Crippen LogP contribution in [0.4, 0.5) is 23.9 Å². The highest BCUT2D eigenvalue weighted by Gasteiger charge is 2.33. The molecular formula is C19H14F3N3S. The fourth-order valence-electron chi connectivity index (χ4n) is 3.41. The van der Waals surface area contributed by atoms with E-state index in [0.29, 0.717) is 21.6 Å². The number of hydrogen-bond donors (Lipinski definition) is 1. The Kier molecular flexibility index (Phi) is 4.08. The summed E-state index contributed by atoms with van der Waals surface area (Å²) in [5.41, 5.74) is 1.37. The van der Waals surface area contributed by atoms with Gasteiger partial charge in [0.1, 0.15) is 11.1 Å². The van der Waals surface area contributed by atoms with E-state index in [-0.39, 0.29) is 5.52 Å². The van der Waals surface area contributed by atoms with Gasteiger partial charge in [-0.3, -0.25) is 4.98 Å². The number of fused-ring (bicyclic) bond motifs is 2. The van der Waals surface area contributed by atoms with Crippen LogP contribution in [0.1, 0.15) is 34.4 Å². The minimum absolute atomic E-state index is 0.0928. The van der Waals surface area contributed by atoms with E-state index < -0.39 is 11.7 Å². The summed E-state index contributed by atoms with van der Waals surface area (Å²) < 4.78 is 39.7. The van der Waals surface area contributed by atoms with Gasteiger partial charge in [0.05, 0.1) is 22.3 Å². The predicted octanol–water partition coefficient (Wildman–Crippen LogP) is 5.81. The fraction of sp³-hybridized carbons (Fsp3) is 0.263. The van der Waals surface area contributed by atoms with Crippen LogP contribution in [0.25, 0.3) is 10.9 Å². The maximum atomic E-state index is 13.2. The second-order valence-electron chi connectivity index (χ2n) is 6.21. The summed E-state index contributed by atoms with van der Waals surface area (Å²) in [5.74, 6) is 0. The molecule has 1 aliphatic rings. The predicted molar refractivity (Wildman–Crippen MR) is 95.7 cm³/mol. The van der Waals surface area contributed by atoms with Crippen LogP contribution in [-0.2, 0) is 19.0 Å². The first kappa shape index (κ1) is 16.9. The minimum Gasteiger partial charge on any atom is -0.346 e. The number of nitrogens with one attached hydrogen (secondary N) is 1. The molecule has 0 bridgehead atoms. The van der Waals surface area contributed by atoms with Crippen LogP contribution in [0.15, 0.2) is 30.5 Å². The molecule has 0 amide bonds. The third-order valence-corrected chi connectivity index (χ3v) is 5.81. The summed E-state index contributed by atoms with van der Waals surface area (Å²) >= 11 is 1.52. The molecule has 3 nitrogen and oxygen atoms in total. The van der Waals surface area contributed by atoms with Crippen LogP contribution in [0.5, 0.6) is 0 Å². The summed E-state index contributed by atoms with van der Waals surface area (Å²) in [6.07, 6.45) is 0.887. The number of pyridine rings is 1. The minimum atomic E-state index is -4.47. The Balaban J connectivity index is 1.82. The zero-order valence-electron chi connectivity index (χ0n) is 13.7. The van der Waals surface area contributed by atoms with Crippen LogP contribution >= 0.6 is 11.3 Å².